The minimum Gasteiger partial charge on any atom is -0.493 e. The van der Waals surface area contributed by atoms with Crippen molar-refractivity contribution in [3.8, 4) is 5.75 Å². The number of ether oxygens (including phenoxy) is 1. The molecular weight excluding hydrogens is 256 g/mol. The Bertz CT molecular complexity index is 544. The lowest BCUT2D eigenvalue weighted by Crippen LogP contribution is -2.58. The van der Waals surface area contributed by atoms with Crippen LogP contribution in [0.2, 0.25) is 0 Å². The molecule has 5 heteroatoms. The summed E-state index contributed by atoms with van der Waals surface area (Å²) in [5.41, 5.74) is 0.997. The highest BCUT2D eigenvalue weighted by molar-refractivity contribution is 5.95. The summed E-state index contributed by atoms with van der Waals surface area (Å²) in [6.07, 6.45) is 1.35. The number of benzene rings is 1. The van der Waals surface area contributed by atoms with Crippen LogP contribution in [0.1, 0.15) is 31.4 Å². The fraction of sp³-hybridized carbons (Fsp3) is 0.467. The van der Waals surface area contributed by atoms with Crippen LogP contribution in [0.5, 0.6) is 5.75 Å². The average Bonchev–Trinajstić information content (AvgIpc) is 2.48. The summed E-state index contributed by atoms with van der Waals surface area (Å²) >= 11 is 0. The maximum absolute atomic E-state index is 12.5. The third-order valence-electron chi connectivity index (χ3n) is 3.94. The van der Waals surface area contributed by atoms with Gasteiger partial charge in [-0.1, -0.05) is 25.1 Å². The summed E-state index contributed by atoms with van der Waals surface area (Å²) < 4.78 is 5.62. The van der Waals surface area contributed by atoms with Gasteiger partial charge in [0.25, 0.3) is 0 Å². The lowest BCUT2D eigenvalue weighted by Gasteiger charge is -2.40. The molecule has 1 saturated heterocycles. The van der Waals surface area contributed by atoms with Crippen molar-refractivity contribution in [2.75, 3.05) is 13.2 Å². The van der Waals surface area contributed by atoms with E-state index in [9.17, 15) is 9.59 Å². The second-order valence-corrected chi connectivity index (χ2v) is 5.19. The smallest absolute Gasteiger partial charge is 0.246 e. The first-order valence-electron chi connectivity index (χ1n) is 7.02. The number of nitrogens with zero attached hydrogens (tertiary/aromatic N) is 1. The van der Waals surface area contributed by atoms with E-state index in [1.54, 1.807) is 4.90 Å². The predicted molar refractivity (Wildman–Crippen MR) is 73.2 cm³/mol. The van der Waals surface area contributed by atoms with Crippen LogP contribution < -0.4 is 10.1 Å². The van der Waals surface area contributed by atoms with E-state index in [0.717, 1.165) is 17.7 Å². The van der Waals surface area contributed by atoms with Gasteiger partial charge >= 0.3 is 0 Å². The van der Waals surface area contributed by atoms with Gasteiger partial charge in [-0.05, 0) is 12.5 Å². The Labute approximate surface area is 117 Å². The Kier molecular flexibility index (Phi) is 3.34. The van der Waals surface area contributed by atoms with E-state index in [0.29, 0.717) is 13.0 Å². The largest absolute Gasteiger partial charge is 0.493 e. The Hall–Kier alpha value is -2.04. The number of hydrogen-bond acceptors (Lipinski definition) is 3. The van der Waals surface area contributed by atoms with Crippen LogP contribution in [0.15, 0.2) is 24.3 Å². The molecule has 0 bridgehead atoms. The molecule has 2 unspecified atom stereocenters. The molecule has 2 aliphatic heterocycles. The van der Waals surface area contributed by atoms with E-state index in [2.05, 4.69) is 5.32 Å². The van der Waals surface area contributed by atoms with Gasteiger partial charge in [0.15, 0.2) is 0 Å². The van der Waals surface area contributed by atoms with E-state index in [4.69, 9.17) is 4.74 Å². The molecule has 106 valence electrons. The number of amides is 2. The van der Waals surface area contributed by atoms with Crippen LogP contribution in [0, 0.1) is 0 Å². The highest BCUT2D eigenvalue weighted by Crippen LogP contribution is 2.36. The molecule has 1 aromatic carbocycles. The highest BCUT2D eigenvalue weighted by atomic mass is 16.5. The van der Waals surface area contributed by atoms with Crippen molar-refractivity contribution in [1.82, 2.24) is 10.2 Å². The predicted octanol–water partition coefficient (Wildman–Crippen LogP) is 1.25. The van der Waals surface area contributed by atoms with Crippen LogP contribution in [-0.2, 0) is 9.59 Å². The Morgan fingerprint density at radius 3 is 2.95 bits per heavy atom. The van der Waals surface area contributed by atoms with Gasteiger partial charge in [0.1, 0.15) is 18.3 Å². The molecular formula is C15H18N2O3. The third-order valence-corrected chi connectivity index (χ3v) is 3.94. The highest BCUT2D eigenvalue weighted by Gasteiger charge is 2.38. The summed E-state index contributed by atoms with van der Waals surface area (Å²) in [4.78, 5) is 26.0. The maximum Gasteiger partial charge on any atom is 0.246 e. The third kappa shape index (κ3) is 2.13. The molecule has 1 N–H and O–H groups in total. The number of fused-ring (bicyclic) bond motifs is 1. The minimum absolute atomic E-state index is 0.00815. The van der Waals surface area contributed by atoms with Crippen molar-refractivity contribution < 1.29 is 14.3 Å². The summed E-state index contributed by atoms with van der Waals surface area (Å²) in [7, 11) is 0. The number of piperazine rings is 1. The molecule has 0 spiro atoms. The molecule has 1 aromatic rings. The van der Waals surface area contributed by atoms with E-state index in [1.165, 1.54) is 0 Å². The number of hydrogen-bond donors (Lipinski definition) is 1. The number of carbonyl (C=O) groups is 2. The van der Waals surface area contributed by atoms with E-state index in [-0.39, 0.29) is 24.4 Å². The van der Waals surface area contributed by atoms with Gasteiger partial charge in [0.2, 0.25) is 11.8 Å². The van der Waals surface area contributed by atoms with Gasteiger partial charge in [0.05, 0.1) is 12.6 Å². The summed E-state index contributed by atoms with van der Waals surface area (Å²) in [5.74, 6) is 0.741. The molecule has 0 aliphatic carbocycles. The average molecular weight is 274 g/mol. The second kappa shape index (κ2) is 5.15. The maximum atomic E-state index is 12.5. The number of rotatable bonds is 2. The molecule has 2 amide bonds. The molecule has 2 atom stereocenters. The van der Waals surface area contributed by atoms with Crippen LogP contribution in [0.4, 0.5) is 0 Å². The van der Waals surface area contributed by atoms with Crippen molar-refractivity contribution in [2.45, 2.75) is 31.8 Å². The monoisotopic (exact) mass is 274 g/mol. The number of nitrogens with one attached hydrogen (secondary N) is 1. The van der Waals surface area contributed by atoms with Crippen molar-refractivity contribution in [3.05, 3.63) is 29.8 Å². The Morgan fingerprint density at radius 2 is 2.15 bits per heavy atom. The number of para-hydroxylation sites is 1. The molecule has 0 radical (unpaired) electrons. The van der Waals surface area contributed by atoms with Crippen LogP contribution in [0.25, 0.3) is 0 Å². The van der Waals surface area contributed by atoms with Gasteiger partial charge < -0.3 is 15.0 Å². The van der Waals surface area contributed by atoms with E-state index >= 15 is 0 Å². The fourth-order valence-electron chi connectivity index (χ4n) is 2.92. The minimum atomic E-state index is -0.397. The lowest BCUT2D eigenvalue weighted by molar-refractivity contribution is -0.147. The van der Waals surface area contributed by atoms with Crippen LogP contribution in [0.3, 0.4) is 0 Å². The molecule has 0 aromatic heterocycles. The first kappa shape index (κ1) is 13.0. The van der Waals surface area contributed by atoms with Gasteiger partial charge in [-0.3, -0.25) is 9.59 Å². The fourth-order valence-corrected chi connectivity index (χ4v) is 2.92. The standard InChI is InChI=1S/C15H18N2O3/c1-2-11-15(19)17(9-14(18)16-11)12-7-8-20-13-6-4-3-5-10(12)13/h3-6,11-12H,2,7-9H2,1H3,(H,16,18). The van der Waals surface area contributed by atoms with Gasteiger partial charge in [0, 0.05) is 12.0 Å². The first-order chi connectivity index (χ1) is 9.70. The van der Waals surface area contributed by atoms with Gasteiger partial charge in [-0.2, -0.15) is 0 Å². The lowest BCUT2D eigenvalue weighted by atomic mass is 9.97. The zero-order valence-electron chi connectivity index (χ0n) is 11.5. The van der Waals surface area contributed by atoms with E-state index in [1.807, 2.05) is 31.2 Å². The molecule has 2 heterocycles. The molecule has 5 nitrogen and oxygen atoms in total. The van der Waals surface area contributed by atoms with Gasteiger partial charge in [-0.25, -0.2) is 0 Å². The summed E-state index contributed by atoms with van der Waals surface area (Å²) in [5, 5.41) is 2.75. The molecule has 1 fully saturated rings. The molecule has 2 aliphatic rings. The van der Waals surface area contributed by atoms with E-state index < -0.39 is 6.04 Å². The summed E-state index contributed by atoms with van der Waals surface area (Å²) in [6, 6.07) is 7.28. The molecule has 0 saturated carbocycles. The molecule has 20 heavy (non-hydrogen) atoms. The topological polar surface area (TPSA) is 58.6 Å². The Balaban J connectivity index is 1.93. The van der Waals surface area contributed by atoms with Crippen LogP contribution in [-0.4, -0.2) is 35.9 Å². The van der Waals surface area contributed by atoms with Crippen molar-refractivity contribution in [2.24, 2.45) is 0 Å². The molecule has 3 rings (SSSR count). The first-order valence-corrected chi connectivity index (χ1v) is 7.02. The number of carbonyl (C=O) groups excluding carboxylic acids is 2. The normalized spacial score (nSPS) is 25.8. The quantitative estimate of drug-likeness (QED) is 0.883. The zero-order valence-corrected chi connectivity index (χ0v) is 11.5. The van der Waals surface area contributed by atoms with Crippen molar-refractivity contribution in [3.63, 3.8) is 0 Å². The Morgan fingerprint density at radius 1 is 1.35 bits per heavy atom. The van der Waals surface area contributed by atoms with Crippen molar-refractivity contribution in [1.29, 1.82) is 0 Å². The SMILES string of the molecule is CCC1NC(=O)CN(C2CCOc3ccccc32)C1=O. The van der Waals surface area contributed by atoms with Crippen molar-refractivity contribution >= 4 is 11.8 Å². The second-order valence-electron chi connectivity index (χ2n) is 5.19. The summed E-state index contributed by atoms with van der Waals surface area (Å²) in [6.45, 7) is 2.61. The van der Waals surface area contributed by atoms with Crippen LogP contribution >= 0.6 is 0 Å². The zero-order chi connectivity index (χ0) is 14.1. The van der Waals surface area contributed by atoms with Gasteiger partial charge in [-0.15, -0.1) is 0 Å².